The van der Waals surface area contributed by atoms with Crippen molar-refractivity contribution in [3.05, 3.63) is 45.1 Å². The van der Waals surface area contributed by atoms with Crippen molar-refractivity contribution in [2.45, 2.75) is 11.4 Å². The van der Waals surface area contributed by atoms with Crippen molar-refractivity contribution in [3.8, 4) is 0 Å². The van der Waals surface area contributed by atoms with Gasteiger partial charge in [0.1, 0.15) is 0 Å². The van der Waals surface area contributed by atoms with E-state index in [-0.39, 0.29) is 5.91 Å². The van der Waals surface area contributed by atoms with Gasteiger partial charge in [-0.15, -0.1) is 23.1 Å². The van der Waals surface area contributed by atoms with Crippen molar-refractivity contribution in [2.75, 3.05) is 25.2 Å². The summed E-state index contributed by atoms with van der Waals surface area (Å²) in [4.78, 5) is 15.2. The normalized spacial score (nSPS) is 10.9. The van der Waals surface area contributed by atoms with E-state index in [1.165, 1.54) is 10.5 Å². The second-order valence-electron chi connectivity index (χ2n) is 4.71. The number of hydrogen-bond acceptors (Lipinski definition) is 4. The number of amides is 1. The molecule has 0 aliphatic carbocycles. The average molecular weight is 385 g/mol. The molecule has 0 aliphatic heterocycles. The highest BCUT2D eigenvalue weighted by Gasteiger charge is 2.08. The molecule has 0 aliphatic rings. The predicted octanol–water partition coefficient (Wildman–Crippen LogP) is 4.30. The first-order valence-electron chi connectivity index (χ1n) is 6.42. The van der Waals surface area contributed by atoms with E-state index in [4.69, 9.17) is 0 Å². The molecule has 0 fully saturated rings. The van der Waals surface area contributed by atoms with E-state index in [2.05, 4.69) is 32.7 Å². The van der Waals surface area contributed by atoms with E-state index >= 15 is 0 Å². The fraction of sp³-hybridized carbons (Fsp3) is 0.267. The number of anilines is 1. The lowest BCUT2D eigenvalue weighted by atomic mass is 10.3. The van der Waals surface area contributed by atoms with Crippen molar-refractivity contribution < 1.29 is 4.79 Å². The van der Waals surface area contributed by atoms with Crippen molar-refractivity contribution >= 4 is 50.6 Å². The molecule has 0 spiro atoms. The zero-order chi connectivity index (χ0) is 15.2. The van der Waals surface area contributed by atoms with E-state index < -0.39 is 0 Å². The molecule has 1 amide bonds. The lowest BCUT2D eigenvalue weighted by Gasteiger charge is -2.15. The van der Waals surface area contributed by atoms with Crippen LogP contribution >= 0.6 is 39.0 Å². The Balaban J connectivity index is 1.82. The van der Waals surface area contributed by atoms with Crippen LogP contribution in [0.3, 0.4) is 0 Å². The molecular weight excluding hydrogens is 368 g/mol. The Hall–Kier alpha value is -0.820. The zero-order valence-corrected chi connectivity index (χ0v) is 15.1. The fourth-order valence-corrected chi connectivity index (χ4v) is 3.52. The molecule has 0 saturated heterocycles. The van der Waals surface area contributed by atoms with Gasteiger partial charge in [0.15, 0.2) is 0 Å². The van der Waals surface area contributed by atoms with Crippen LogP contribution in [0.4, 0.5) is 5.69 Å². The number of nitrogens with one attached hydrogen (secondary N) is 1. The molecule has 1 aromatic carbocycles. The van der Waals surface area contributed by atoms with Crippen LogP contribution in [0.2, 0.25) is 0 Å². The maximum atomic E-state index is 12.0. The van der Waals surface area contributed by atoms with Gasteiger partial charge >= 0.3 is 0 Å². The average Bonchev–Trinajstić information content (AvgIpc) is 2.84. The summed E-state index contributed by atoms with van der Waals surface area (Å²) in [6, 6.07) is 9.96. The van der Waals surface area contributed by atoms with Crippen LogP contribution in [-0.2, 0) is 11.3 Å². The van der Waals surface area contributed by atoms with E-state index in [0.29, 0.717) is 6.54 Å². The number of thioether (sulfide) groups is 1. The lowest BCUT2D eigenvalue weighted by molar-refractivity contribution is -0.117. The molecule has 2 aromatic rings. The molecule has 1 N–H and O–H groups in total. The molecule has 1 heterocycles. The first-order valence-corrected chi connectivity index (χ1v) is 9.32. The summed E-state index contributed by atoms with van der Waals surface area (Å²) in [5.74, 6) is 0.00342. The van der Waals surface area contributed by atoms with E-state index in [0.717, 1.165) is 16.0 Å². The molecule has 0 radical (unpaired) electrons. The Kier molecular flexibility index (Phi) is 6.29. The smallest absolute Gasteiger partial charge is 0.238 e. The summed E-state index contributed by atoms with van der Waals surface area (Å²) in [6.45, 7) is 1.14. The van der Waals surface area contributed by atoms with Crippen LogP contribution in [0.5, 0.6) is 0 Å². The molecule has 0 saturated carbocycles. The molecule has 0 unspecified atom stereocenters. The van der Waals surface area contributed by atoms with Crippen molar-refractivity contribution in [1.82, 2.24) is 4.90 Å². The van der Waals surface area contributed by atoms with Crippen LogP contribution in [0.15, 0.2) is 44.4 Å². The maximum Gasteiger partial charge on any atom is 0.238 e. The van der Waals surface area contributed by atoms with Gasteiger partial charge in [0.05, 0.1) is 10.3 Å². The Morgan fingerprint density at radius 2 is 2.10 bits per heavy atom. The number of benzene rings is 1. The molecule has 112 valence electrons. The largest absolute Gasteiger partial charge is 0.325 e. The molecule has 6 heteroatoms. The Bertz CT molecular complexity index is 598. The van der Waals surface area contributed by atoms with Crippen molar-refractivity contribution in [2.24, 2.45) is 0 Å². The van der Waals surface area contributed by atoms with Gasteiger partial charge in [-0.3, -0.25) is 9.69 Å². The predicted molar refractivity (Wildman–Crippen MR) is 95.2 cm³/mol. The molecule has 21 heavy (non-hydrogen) atoms. The number of halogens is 1. The molecule has 1 aromatic heterocycles. The summed E-state index contributed by atoms with van der Waals surface area (Å²) >= 11 is 6.79. The monoisotopic (exact) mass is 384 g/mol. The van der Waals surface area contributed by atoms with Gasteiger partial charge in [0.2, 0.25) is 5.91 Å². The van der Waals surface area contributed by atoms with Gasteiger partial charge in [-0.2, -0.15) is 0 Å². The van der Waals surface area contributed by atoms with Crippen molar-refractivity contribution in [1.29, 1.82) is 0 Å². The Morgan fingerprint density at radius 3 is 2.67 bits per heavy atom. The van der Waals surface area contributed by atoms with Gasteiger partial charge in [-0.05, 0) is 70.5 Å². The van der Waals surface area contributed by atoms with Crippen molar-refractivity contribution in [3.63, 3.8) is 0 Å². The van der Waals surface area contributed by atoms with Crippen LogP contribution in [0, 0.1) is 0 Å². The second-order valence-corrected chi connectivity index (χ2v) is 7.88. The fourth-order valence-electron chi connectivity index (χ4n) is 1.92. The van der Waals surface area contributed by atoms with E-state index in [9.17, 15) is 4.79 Å². The number of carbonyl (C=O) groups is 1. The summed E-state index contributed by atoms with van der Waals surface area (Å²) < 4.78 is 1.12. The minimum Gasteiger partial charge on any atom is -0.325 e. The summed E-state index contributed by atoms with van der Waals surface area (Å²) in [7, 11) is 1.95. The standard InChI is InChI=1S/C15H17BrN2OS2/c1-18(8-11-7-14(16)21-10-11)9-15(19)17-12-3-5-13(20-2)6-4-12/h3-7,10H,8-9H2,1-2H3,(H,17,19). The SMILES string of the molecule is CSc1ccc(NC(=O)CN(C)Cc2csc(Br)c2)cc1. The number of thiophene rings is 1. The maximum absolute atomic E-state index is 12.0. The summed E-state index contributed by atoms with van der Waals surface area (Å²) in [5.41, 5.74) is 2.05. The molecule has 0 atom stereocenters. The highest BCUT2D eigenvalue weighted by Crippen LogP contribution is 2.21. The van der Waals surface area contributed by atoms with Crippen LogP contribution < -0.4 is 5.32 Å². The topological polar surface area (TPSA) is 32.3 Å². The molecule has 3 nitrogen and oxygen atoms in total. The number of likely N-dealkylation sites (N-methyl/N-ethyl adjacent to an activating group) is 1. The lowest BCUT2D eigenvalue weighted by Crippen LogP contribution is -2.29. The van der Waals surface area contributed by atoms with Gasteiger partial charge in [-0.25, -0.2) is 0 Å². The second kappa shape index (κ2) is 7.98. The number of carbonyl (C=O) groups excluding carboxylic acids is 1. The van der Waals surface area contributed by atoms with E-state index in [1.807, 2.05) is 42.5 Å². The minimum atomic E-state index is 0.00342. The van der Waals surface area contributed by atoms with Gasteiger partial charge in [0, 0.05) is 17.1 Å². The first kappa shape index (κ1) is 16.5. The third kappa shape index (κ3) is 5.47. The van der Waals surface area contributed by atoms with Gasteiger partial charge in [0.25, 0.3) is 0 Å². The van der Waals surface area contributed by atoms with Crippen LogP contribution in [0.1, 0.15) is 5.56 Å². The van der Waals surface area contributed by atoms with Crippen LogP contribution in [0.25, 0.3) is 0 Å². The highest BCUT2D eigenvalue weighted by atomic mass is 79.9. The van der Waals surface area contributed by atoms with Gasteiger partial charge < -0.3 is 5.32 Å². The number of rotatable bonds is 6. The Morgan fingerprint density at radius 1 is 1.38 bits per heavy atom. The zero-order valence-electron chi connectivity index (χ0n) is 11.9. The number of hydrogen-bond donors (Lipinski definition) is 1. The minimum absolute atomic E-state index is 0.00342. The molecular formula is C15H17BrN2OS2. The third-order valence-electron chi connectivity index (χ3n) is 2.86. The first-order chi connectivity index (χ1) is 10.1. The quantitative estimate of drug-likeness (QED) is 0.753. The van der Waals surface area contributed by atoms with Gasteiger partial charge in [-0.1, -0.05) is 0 Å². The number of nitrogens with zero attached hydrogens (tertiary/aromatic N) is 1. The highest BCUT2D eigenvalue weighted by molar-refractivity contribution is 9.11. The molecule has 0 bridgehead atoms. The summed E-state index contributed by atoms with van der Waals surface area (Å²) in [6.07, 6.45) is 2.03. The van der Waals surface area contributed by atoms with Crippen LogP contribution in [-0.4, -0.2) is 30.7 Å². The third-order valence-corrected chi connectivity index (χ3v) is 5.16. The summed E-state index contributed by atoms with van der Waals surface area (Å²) in [5, 5.41) is 5.02. The Labute approximate surface area is 141 Å². The molecule has 2 rings (SSSR count). The van der Waals surface area contributed by atoms with E-state index in [1.54, 1.807) is 23.1 Å².